The molecule has 0 unspecified atom stereocenters. The molecule has 0 atom stereocenters. The lowest BCUT2D eigenvalue weighted by atomic mass is 10.1. The molecule has 1 amide bonds. The molecule has 0 aliphatic rings. The summed E-state index contributed by atoms with van der Waals surface area (Å²) in [5.41, 5.74) is 2.16. The molecule has 0 aliphatic heterocycles. The normalized spacial score (nSPS) is 10.6. The molecule has 0 spiro atoms. The Balaban J connectivity index is 2.01. The zero-order valence-electron chi connectivity index (χ0n) is 10.7. The summed E-state index contributed by atoms with van der Waals surface area (Å²) < 4.78 is 1.05. The minimum atomic E-state index is -0.00226. The van der Waals surface area contributed by atoms with Crippen LogP contribution in [0.25, 0.3) is 10.9 Å². The molecule has 2 N–H and O–H groups in total. The Kier molecular flexibility index (Phi) is 4.87. The number of nitrogens with zero attached hydrogens (tertiary/aromatic N) is 1. The number of aromatic nitrogens is 1. The Morgan fingerprint density at radius 2 is 2.16 bits per heavy atom. The number of carbonyl (C=O) groups is 1. The van der Waals surface area contributed by atoms with E-state index in [9.17, 15) is 4.79 Å². The molecule has 0 bridgehead atoms. The van der Waals surface area contributed by atoms with Gasteiger partial charge in [-0.3, -0.25) is 9.78 Å². The van der Waals surface area contributed by atoms with Crippen LogP contribution in [0.1, 0.15) is 12.5 Å². The maximum Gasteiger partial charge on any atom is 0.216 e. The standard InChI is InChI=1S/C14H16BrN3O/c1-10(19)17-8-7-16-9-11-4-5-13(15)12-3-2-6-18-14(11)12/h2-6,16H,7-9H2,1H3,(H,17,19). The average molecular weight is 322 g/mol. The van der Waals surface area contributed by atoms with E-state index in [1.165, 1.54) is 6.92 Å². The molecule has 1 aromatic heterocycles. The van der Waals surface area contributed by atoms with Crippen LogP contribution >= 0.6 is 15.9 Å². The van der Waals surface area contributed by atoms with Crippen molar-refractivity contribution < 1.29 is 4.79 Å². The largest absolute Gasteiger partial charge is 0.355 e. The van der Waals surface area contributed by atoms with Crippen molar-refractivity contribution in [1.29, 1.82) is 0 Å². The Morgan fingerprint density at radius 3 is 2.95 bits per heavy atom. The van der Waals surface area contributed by atoms with Gasteiger partial charge in [-0.05, 0) is 17.7 Å². The number of hydrogen-bond donors (Lipinski definition) is 2. The van der Waals surface area contributed by atoms with E-state index in [4.69, 9.17) is 0 Å². The van der Waals surface area contributed by atoms with Gasteiger partial charge in [-0.2, -0.15) is 0 Å². The fraction of sp³-hybridized carbons (Fsp3) is 0.286. The van der Waals surface area contributed by atoms with Gasteiger partial charge in [0, 0.05) is 42.6 Å². The van der Waals surface area contributed by atoms with Gasteiger partial charge < -0.3 is 10.6 Å². The van der Waals surface area contributed by atoms with Gasteiger partial charge in [-0.15, -0.1) is 0 Å². The van der Waals surface area contributed by atoms with Crippen molar-refractivity contribution in [3.8, 4) is 0 Å². The van der Waals surface area contributed by atoms with Gasteiger partial charge in [0.2, 0.25) is 5.91 Å². The van der Waals surface area contributed by atoms with E-state index < -0.39 is 0 Å². The number of fused-ring (bicyclic) bond motifs is 1. The van der Waals surface area contributed by atoms with Crippen LogP contribution in [-0.4, -0.2) is 24.0 Å². The highest BCUT2D eigenvalue weighted by Crippen LogP contribution is 2.24. The van der Waals surface area contributed by atoms with Crippen molar-refractivity contribution >= 4 is 32.7 Å². The Morgan fingerprint density at radius 1 is 1.32 bits per heavy atom. The van der Waals surface area contributed by atoms with Gasteiger partial charge in [-0.25, -0.2) is 0 Å². The number of rotatable bonds is 5. The predicted molar refractivity (Wildman–Crippen MR) is 79.8 cm³/mol. The van der Waals surface area contributed by atoms with E-state index >= 15 is 0 Å². The molecule has 2 aromatic rings. The fourth-order valence-corrected chi connectivity index (χ4v) is 2.34. The van der Waals surface area contributed by atoms with Crippen molar-refractivity contribution in [3.63, 3.8) is 0 Å². The molecular weight excluding hydrogens is 306 g/mol. The maximum absolute atomic E-state index is 10.7. The van der Waals surface area contributed by atoms with Gasteiger partial charge >= 0.3 is 0 Å². The summed E-state index contributed by atoms with van der Waals surface area (Å²) in [6.45, 7) is 3.63. The minimum Gasteiger partial charge on any atom is -0.355 e. The van der Waals surface area contributed by atoms with Crippen LogP contribution in [0.2, 0.25) is 0 Å². The Hall–Kier alpha value is -1.46. The van der Waals surface area contributed by atoms with Crippen LogP contribution in [0, 0.1) is 0 Å². The summed E-state index contributed by atoms with van der Waals surface area (Å²) in [6, 6.07) is 8.08. The van der Waals surface area contributed by atoms with Gasteiger partial charge in [0.05, 0.1) is 5.52 Å². The van der Waals surface area contributed by atoms with Crippen molar-refractivity contribution in [2.75, 3.05) is 13.1 Å². The van der Waals surface area contributed by atoms with Crippen LogP contribution in [0.15, 0.2) is 34.9 Å². The molecule has 0 aliphatic carbocycles. The first-order valence-electron chi connectivity index (χ1n) is 6.16. The van der Waals surface area contributed by atoms with Gasteiger partial charge in [0.1, 0.15) is 0 Å². The zero-order chi connectivity index (χ0) is 13.7. The summed E-state index contributed by atoms with van der Waals surface area (Å²) in [5, 5.41) is 7.17. The van der Waals surface area contributed by atoms with E-state index in [1.54, 1.807) is 6.20 Å². The van der Waals surface area contributed by atoms with Crippen molar-refractivity contribution in [2.45, 2.75) is 13.5 Å². The SMILES string of the molecule is CC(=O)NCCNCc1ccc(Br)c2cccnc12. The summed E-state index contributed by atoms with van der Waals surface area (Å²) in [6.07, 6.45) is 1.80. The third-order valence-electron chi connectivity index (χ3n) is 2.79. The van der Waals surface area contributed by atoms with E-state index in [-0.39, 0.29) is 5.91 Å². The second kappa shape index (κ2) is 6.63. The number of halogens is 1. The summed E-state index contributed by atoms with van der Waals surface area (Å²) in [4.78, 5) is 15.2. The molecular formula is C14H16BrN3O. The first-order valence-corrected chi connectivity index (χ1v) is 6.95. The third-order valence-corrected chi connectivity index (χ3v) is 3.48. The number of hydrogen-bond acceptors (Lipinski definition) is 3. The second-order valence-electron chi connectivity index (χ2n) is 4.27. The highest BCUT2D eigenvalue weighted by Gasteiger charge is 2.04. The van der Waals surface area contributed by atoms with Crippen LogP contribution in [0.4, 0.5) is 0 Å². The first kappa shape index (κ1) is 14.0. The molecule has 1 aromatic carbocycles. The molecule has 0 saturated heterocycles. The van der Waals surface area contributed by atoms with Crippen molar-refractivity contribution in [1.82, 2.24) is 15.6 Å². The molecule has 0 radical (unpaired) electrons. The minimum absolute atomic E-state index is 0.00226. The van der Waals surface area contributed by atoms with Gasteiger partial charge in [-0.1, -0.05) is 28.1 Å². The van der Waals surface area contributed by atoms with Crippen LogP contribution in [0.5, 0.6) is 0 Å². The number of carbonyl (C=O) groups excluding carboxylic acids is 1. The summed E-state index contributed by atoms with van der Waals surface area (Å²) in [5.74, 6) is -0.00226. The lowest BCUT2D eigenvalue weighted by Crippen LogP contribution is -2.29. The highest BCUT2D eigenvalue weighted by molar-refractivity contribution is 9.10. The number of benzene rings is 1. The zero-order valence-corrected chi connectivity index (χ0v) is 12.3. The maximum atomic E-state index is 10.7. The number of pyridine rings is 1. The van der Waals surface area contributed by atoms with Crippen LogP contribution in [-0.2, 0) is 11.3 Å². The molecule has 1 heterocycles. The van der Waals surface area contributed by atoms with Crippen molar-refractivity contribution in [2.24, 2.45) is 0 Å². The van der Waals surface area contributed by atoms with E-state index in [0.29, 0.717) is 6.54 Å². The summed E-state index contributed by atoms with van der Waals surface area (Å²) in [7, 11) is 0. The first-order chi connectivity index (χ1) is 9.18. The lowest BCUT2D eigenvalue weighted by Gasteiger charge is -2.09. The Labute approximate surface area is 120 Å². The number of nitrogens with one attached hydrogen (secondary N) is 2. The smallest absolute Gasteiger partial charge is 0.216 e. The topological polar surface area (TPSA) is 54.0 Å². The lowest BCUT2D eigenvalue weighted by molar-refractivity contribution is -0.118. The second-order valence-corrected chi connectivity index (χ2v) is 5.12. The molecule has 4 nitrogen and oxygen atoms in total. The molecule has 19 heavy (non-hydrogen) atoms. The van der Waals surface area contributed by atoms with Crippen molar-refractivity contribution in [3.05, 3.63) is 40.5 Å². The molecule has 2 rings (SSSR count). The quantitative estimate of drug-likeness (QED) is 0.830. The van der Waals surface area contributed by atoms with Crippen LogP contribution in [0.3, 0.4) is 0 Å². The van der Waals surface area contributed by atoms with E-state index in [2.05, 4.69) is 37.6 Å². The third kappa shape index (κ3) is 3.75. The average Bonchev–Trinajstić information content (AvgIpc) is 2.41. The van der Waals surface area contributed by atoms with Crippen LogP contribution < -0.4 is 10.6 Å². The van der Waals surface area contributed by atoms with E-state index in [0.717, 1.165) is 34.0 Å². The highest BCUT2D eigenvalue weighted by atomic mass is 79.9. The molecule has 0 fully saturated rings. The van der Waals surface area contributed by atoms with E-state index in [1.807, 2.05) is 18.2 Å². The predicted octanol–water partition coefficient (Wildman–Crippen LogP) is 2.22. The van der Waals surface area contributed by atoms with Gasteiger partial charge in [0.25, 0.3) is 0 Å². The summed E-state index contributed by atoms with van der Waals surface area (Å²) >= 11 is 3.53. The molecule has 5 heteroatoms. The van der Waals surface area contributed by atoms with Gasteiger partial charge in [0.15, 0.2) is 0 Å². The number of amides is 1. The molecule has 0 saturated carbocycles. The Bertz CT molecular complexity index is 586. The fourth-order valence-electron chi connectivity index (χ4n) is 1.89. The molecule has 100 valence electrons. The monoisotopic (exact) mass is 321 g/mol.